The molecule has 2 N–H and O–H groups in total. The molecule has 1 saturated heterocycles. The summed E-state index contributed by atoms with van der Waals surface area (Å²) in [6.45, 7) is 1.43. The Bertz CT molecular complexity index is 1130. The van der Waals surface area contributed by atoms with Crippen molar-refractivity contribution in [1.82, 2.24) is 9.97 Å². The van der Waals surface area contributed by atoms with Crippen LogP contribution in [0.2, 0.25) is 5.02 Å². The minimum Gasteiger partial charge on any atom is -0.394 e. The van der Waals surface area contributed by atoms with Crippen LogP contribution in [0, 0.1) is 11.8 Å². The Morgan fingerprint density at radius 3 is 2.41 bits per heavy atom. The predicted molar refractivity (Wildman–Crippen MR) is 127 cm³/mol. The van der Waals surface area contributed by atoms with Gasteiger partial charge in [-0.1, -0.05) is 23.7 Å². The molecular formula is C24H27ClF2N4O2S. The van der Waals surface area contributed by atoms with Gasteiger partial charge in [0.15, 0.2) is 0 Å². The first kappa shape index (κ1) is 22.6. The van der Waals surface area contributed by atoms with E-state index in [0.717, 1.165) is 50.2 Å². The molecule has 6 rings (SSSR count). The van der Waals surface area contributed by atoms with Crippen molar-refractivity contribution >= 4 is 34.2 Å². The number of nitrogens with zero attached hydrogens (tertiary/aromatic N) is 3. The van der Waals surface area contributed by atoms with Gasteiger partial charge >= 0.3 is 5.25 Å². The van der Waals surface area contributed by atoms with Crippen LogP contribution in [0.3, 0.4) is 0 Å². The molecule has 3 atom stereocenters. The van der Waals surface area contributed by atoms with Gasteiger partial charge in [0.1, 0.15) is 21.5 Å². The van der Waals surface area contributed by atoms with Gasteiger partial charge in [-0.3, -0.25) is 0 Å². The number of hydrogen-bond acceptors (Lipinski definition) is 6. The zero-order chi connectivity index (χ0) is 23.7. The third-order valence-corrected chi connectivity index (χ3v) is 9.86. The lowest BCUT2D eigenvalue weighted by Crippen LogP contribution is -2.48. The van der Waals surface area contributed by atoms with Crippen LogP contribution in [-0.4, -0.2) is 49.8 Å². The zero-order valence-electron chi connectivity index (χ0n) is 18.6. The van der Waals surface area contributed by atoms with Crippen molar-refractivity contribution in [3.05, 3.63) is 40.5 Å². The SMILES string of the molecule is O=S1c2c(nc(N3CC4CC(c5ccc(Cl)cc5)CC4C3)nc2NC2(CO)CCC2)CC1(F)F. The molecule has 1 aromatic heterocycles. The topological polar surface area (TPSA) is 78.4 Å². The molecule has 3 heterocycles. The third kappa shape index (κ3) is 3.71. The van der Waals surface area contributed by atoms with E-state index < -0.39 is 28.0 Å². The molecule has 182 valence electrons. The molecule has 10 heteroatoms. The van der Waals surface area contributed by atoms with Crippen molar-refractivity contribution in [2.75, 3.05) is 29.9 Å². The van der Waals surface area contributed by atoms with Crippen LogP contribution in [0.5, 0.6) is 0 Å². The van der Waals surface area contributed by atoms with Crippen LogP contribution >= 0.6 is 11.6 Å². The Hall–Kier alpha value is -1.84. The highest BCUT2D eigenvalue weighted by Gasteiger charge is 2.50. The minimum absolute atomic E-state index is 0.00401. The average Bonchev–Trinajstić information content (AvgIpc) is 3.41. The van der Waals surface area contributed by atoms with E-state index in [1.165, 1.54) is 5.56 Å². The van der Waals surface area contributed by atoms with Gasteiger partial charge < -0.3 is 15.3 Å². The Kier molecular flexibility index (Phi) is 5.39. The third-order valence-electron chi connectivity index (χ3n) is 8.13. The van der Waals surface area contributed by atoms with Crippen LogP contribution in [0.1, 0.15) is 49.3 Å². The van der Waals surface area contributed by atoms with Crippen molar-refractivity contribution in [2.45, 2.75) is 60.1 Å². The summed E-state index contributed by atoms with van der Waals surface area (Å²) in [5.74, 6) is 2.08. The summed E-state index contributed by atoms with van der Waals surface area (Å²) < 4.78 is 41.3. The summed E-state index contributed by atoms with van der Waals surface area (Å²) in [4.78, 5) is 11.2. The van der Waals surface area contributed by atoms with Crippen LogP contribution < -0.4 is 10.2 Å². The lowest BCUT2D eigenvalue weighted by Gasteiger charge is -2.41. The van der Waals surface area contributed by atoms with Gasteiger partial charge in [-0.25, -0.2) is 9.19 Å². The molecule has 1 aromatic carbocycles. The van der Waals surface area contributed by atoms with Gasteiger partial charge in [0.2, 0.25) is 5.95 Å². The molecule has 2 aliphatic heterocycles. The quantitative estimate of drug-likeness (QED) is 0.625. The first-order chi connectivity index (χ1) is 16.3. The summed E-state index contributed by atoms with van der Waals surface area (Å²) in [5, 5.41) is 10.5. The first-order valence-electron chi connectivity index (χ1n) is 11.9. The van der Waals surface area contributed by atoms with Gasteiger partial charge in [-0.2, -0.15) is 13.8 Å². The second-order valence-electron chi connectivity index (χ2n) is 10.3. The number of nitrogens with one attached hydrogen (secondary N) is 1. The lowest BCUT2D eigenvalue weighted by atomic mass is 9.77. The molecular weight excluding hydrogens is 482 g/mol. The highest BCUT2D eigenvalue weighted by atomic mass is 35.5. The number of aliphatic hydroxyl groups is 1. The number of rotatable bonds is 5. The van der Waals surface area contributed by atoms with E-state index in [0.29, 0.717) is 23.7 Å². The predicted octanol–water partition coefficient (Wildman–Crippen LogP) is 4.34. The normalized spacial score (nSPS) is 30.6. The second-order valence-corrected chi connectivity index (χ2v) is 12.3. The number of aliphatic hydroxyl groups excluding tert-OH is 1. The van der Waals surface area contributed by atoms with E-state index in [2.05, 4.69) is 32.3 Å². The number of alkyl halides is 2. The molecule has 6 nitrogen and oxygen atoms in total. The maximum atomic E-state index is 14.4. The highest BCUT2D eigenvalue weighted by molar-refractivity contribution is 7.86. The molecule has 2 aromatic rings. The van der Waals surface area contributed by atoms with Crippen molar-refractivity contribution in [2.24, 2.45) is 11.8 Å². The Morgan fingerprint density at radius 1 is 1.15 bits per heavy atom. The molecule has 0 radical (unpaired) electrons. The summed E-state index contributed by atoms with van der Waals surface area (Å²) in [6, 6.07) is 8.08. The lowest BCUT2D eigenvalue weighted by molar-refractivity contribution is 0.104. The van der Waals surface area contributed by atoms with Crippen LogP contribution in [0.4, 0.5) is 20.5 Å². The van der Waals surface area contributed by atoms with Crippen molar-refractivity contribution in [1.29, 1.82) is 0 Å². The summed E-state index contributed by atoms with van der Waals surface area (Å²) in [6.07, 6.45) is 3.87. The van der Waals surface area contributed by atoms with Crippen molar-refractivity contribution < 1.29 is 18.1 Å². The van der Waals surface area contributed by atoms with Crippen LogP contribution in [-0.2, 0) is 17.2 Å². The van der Waals surface area contributed by atoms with E-state index in [-0.39, 0.29) is 23.0 Å². The van der Waals surface area contributed by atoms with Gasteiger partial charge in [0.25, 0.3) is 0 Å². The number of benzene rings is 1. The average molecular weight is 509 g/mol. The second kappa shape index (κ2) is 8.10. The molecule has 4 aliphatic rings. The number of halogens is 3. The molecule has 2 saturated carbocycles. The van der Waals surface area contributed by atoms with Crippen LogP contribution in [0.25, 0.3) is 0 Å². The number of hydrogen-bond donors (Lipinski definition) is 2. The Labute approximate surface area is 204 Å². The van der Waals surface area contributed by atoms with Gasteiger partial charge in [0.05, 0.1) is 24.3 Å². The number of anilines is 2. The molecule has 3 unspecified atom stereocenters. The minimum atomic E-state index is -3.36. The number of fused-ring (bicyclic) bond motifs is 2. The zero-order valence-corrected chi connectivity index (χ0v) is 20.2. The summed E-state index contributed by atoms with van der Waals surface area (Å²) in [7, 11) is -2.51. The molecule has 0 amide bonds. The highest BCUT2D eigenvalue weighted by Crippen LogP contribution is 2.48. The fourth-order valence-corrected chi connectivity index (χ4v) is 7.38. The monoisotopic (exact) mass is 508 g/mol. The first-order valence-corrected chi connectivity index (χ1v) is 13.4. The molecule has 34 heavy (non-hydrogen) atoms. The molecule has 0 bridgehead atoms. The summed E-state index contributed by atoms with van der Waals surface area (Å²) >= 11 is 6.04. The molecule has 3 fully saturated rings. The van der Waals surface area contributed by atoms with Gasteiger partial charge in [-0.05, 0) is 67.6 Å². The van der Waals surface area contributed by atoms with Gasteiger partial charge in [-0.15, -0.1) is 0 Å². The van der Waals surface area contributed by atoms with E-state index in [9.17, 15) is 18.1 Å². The van der Waals surface area contributed by atoms with E-state index in [1.807, 2.05) is 12.1 Å². The summed E-state index contributed by atoms with van der Waals surface area (Å²) in [5.41, 5.74) is 0.874. The molecule has 2 aliphatic carbocycles. The van der Waals surface area contributed by atoms with Crippen molar-refractivity contribution in [3.8, 4) is 0 Å². The standard InChI is InChI=1S/C24H27ClF2N4O2S/c25-18-4-2-14(3-5-18)15-8-16-11-31(12-17(16)9-15)22-28-19-10-24(26,27)34(33)20(19)21(29-22)30-23(13-32)6-1-7-23/h2-5,15-17,32H,1,6-13H2,(H,28,29,30). The largest absolute Gasteiger partial charge is 0.394 e. The van der Waals surface area contributed by atoms with Crippen LogP contribution in [0.15, 0.2) is 29.2 Å². The van der Waals surface area contributed by atoms with Crippen molar-refractivity contribution in [3.63, 3.8) is 0 Å². The Morgan fingerprint density at radius 2 is 1.82 bits per heavy atom. The molecule has 0 spiro atoms. The fraction of sp³-hybridized carbons (Fsp3) is 0.583. The van der Waals surface area contributed by atoms with E-state index >= 15 is 0 Å². The van der Waals surface area contributed by atoms with Gasteiger partial charge in [0, 0.05) is 18.1 Å². The maximum absolute atomic E-state index is 14.4. The Balaban J connectivity index is 1.25. The smallest absolute Gasteiger partial charge is 0.331 e. The van der Waals surface area contributed by atoms with E-state index in [1.54, 1.807) is 0 Å². The fourth-order valence-electron chi connectivity index (χ4n) is 6.08. The maximum Gasteiger partial charge on any atom is 0.331 e. The van der Waals surface area contributed by atoms with E-state index in [4.69, 9.17) is 11.6 Å². The number of aromatic nitrogens is 2.